The second-order valence-corrected chi connectivity index (χ2v) is 9.28. The molecule has 0 aliphatic carbocycles. The number of rotatable bonds is 6. The highest BCUT2D eigenvalue weighted by atomic mass is 16.3. The van der Waals surface area contributed by atoms with Gasteiger partial charge in [0.25, 0.3) is 5.91 Å². The van der Waals surface area contributed by atoms with E-state index in [2.05, 4.69) is 20.7 Å². The summed E-state index contributed by atoms with van der Waals surface area (Å²) in [4.78, 5) is 30.9. The Morgan fingerprint density at radius 3 is 2.70 bits per heavy atom. The van der Waals surface area contributed by atoms with Gasteiger partial charge in [0.15, 0.2) is 5.65 Å². The van der Waals surface area contributed by atoms with Gasteiger partial charge in [-0.1, -0.05) is 12.1 Å². The van der Waals surface area contributed by atoms with Gasteiger partial charge in [0.05, 0.1) is 5.69 Å². The third kappa shape index (κ3) is 5.28. The van der Waals surface area contributed by atoms with Crippen molar-refractivity contribution < 1.29 is 14.7 Å². The lowest BCUT2D eigenvalue weighted by Crippen LogP contribution is -2.41. The monoisotopic (exact) mass is 494 g/mol. The summed E-state index contributed by atoms with van der Waals surface area (Å²) >= 11 is 0. The molecular weight excluding hydrogens is 467 g/mol. The molecule has 0 spiro atoms. The summed E-state index contributed by atoms with van der Waals surface area (Å²) in [6.07, 6.45) is 3.45. The standard InChI is InChI=1S/C27H27BN6O3/c1-17(35)31-20-10-8-19(9-11-20)27(37)33-12-4-5-18(16-33)14-29-25-13-23(21-6-2-3-7-24(21)36)32-26-22(28)15-30-34(25)26/h2-3,6-11,13,15,18,29,36H,4-5,12,14,16H2,1H3,(H,31,35). The first-order valence-corrected chi connectivity index (χ1v) is 12.2. The number of hydrogen-bond acceptors (Lipinski definition) is 6. The molecule has 186 valence electrons. The molecule has 10 heteroatoms. The van der Waals surface area contributed by atoms with Crippen LogP contribution in [-0.4, -0.2) is 63.9 Å². The maximum Gasteiger partial charge on any atom is 0.253 e. The molecule has 37 heavy (non-hydrogen) atoms. The molecule has 1 unspecified atom stereocenters. The predicted octanol–water partition coefficient (Wildman–Crippen LogP) is 2.82. The van der Waals surface area contributed by atoms with Crippen LogP contribution in [0.25, 0.3) is 16.9 Å². The summed E-state index contributed by atoms with van der Waals surface area (Å²) in [5, 5.41) is 20.9. The van der Waals surface area contributed by atoms with Crippen molar-refractivity contribution in [2.24, 2.45) is 5.92 Å². The van der Waals surface area contributed by atoms with Crippen molar-refractivity contribution in [1.29, 1.82) is 0 Å². The van der Waals surface area contributed by atoms with Gasteiger partial charge in [-0.2, -0.15) is 9.61 Å². The van der Waals surface area contributed by atoms with Crippen LogP contribution in [0.2, 0.25) is 0 Å². The van der Waals surface area contributed by atoms with Gasteiger partial charge in [-0.05, 0) is 60.6 Å². The molecule has 0 bridgehead atoms. The van der Waals surface area contributed by atoms with Gasteiger partial charge in [-0.15, -0.1) is 0 Å². The second kappa shape index (κ2) is 10.3. The number of hydrogen-bond donors (Lipinski definition) is 3. The minimum absolute atomic E-state index is 0.0212. The predicted molar refractivity (Wildman–Crippen MR) is 143 cm³/mol. The summed E-state index contributed by atoms with van der Waals surface area (Å²) in [6, 6.07) is 15.8. The number of benzene rings is 2. The molecule has 2 aromatic heterocycles. The van der Waals surface area contributed by atoms with E-state index in [4.69, 9.17) is 7.85 Å². The van der Waals surface area contributed by atoms with E-state index >= 15 is 0 Å². The van der Waals surface area contributed by atoms with Crippen molar-refractivity contribution in [2.75, 3.05) is 30.3 Å². The summed E-state index contributed by atoms with van der Waals surface area (Å²) in [5.74, 6) is 0.905. The van der Waals surface area contributed by atoms with E-state index in [9.17, 15) is 14.7 Å². The molecule has 2 aromatic carbocycles. The highest BCUT2D eigenvalue weighted by Crippen LogP contribution is 2.29. The van der Waals surface area contributed by atoms with Crippen LogP contribution >= 0.6 is 0 Å². The molecule has 1 aliphatic heterocycles. The van der Waals surface area contributed by atoms with Crippen LogP contribution in [0.3, 0.4) is 0 Å². The third-order valence-electron chi connectivity index (χ3n) is 6.51. The van der Waals surface area contributed by atoms with Gasteiger partial charge in [0.1, 0.15) is 19.4 Å². The van der Waals surface area contributed by atoms with Crippen LogP contribution in [0.5, 0.6) is 5.75 Å². The zero-order chi connectivity index (χ0) is 25.9. The van der Waals surface area contributed by atoms with Gasteiger partial charge >= 0.3 is 0 Å². The van der Waals surface area contributed by atoms with Crippen LogP contribution in [0.4, 0.5) is 11.5 Å². The average molecular weight is 494 g/mol. The second-order valence-electron chi connectivity index (χ2n) is 9.28. The maximum absolute atomic E-state index is 13.1. The van der Waals surface area contributed by atoms with E-state index in [-0.39, 0.29) is 23.5 Å². The van der Waals surface area contributed by atoms with E-state index in [0.717, 1.165) is 12.8 Å². The average Bonchev–Trinajstić information content (AvgIpc) is 3.28. The highest BCUT2D eigenvalue weighted by Gasteiger charge is 2.25. The fourth-order valence-corrected chi connectivity index (χ4v) is 4.68. The van der Waals surface area contributed by atoms with Crippen LogP contribution in [0.15, 0.2) is 60.8 Å². The number of nitrogens with one attached hydrogen (secondary N) is 2. The zero-order valence-electron chi connectivity index (χ0n) is 20.5. The first-order valence-electron chi connectivity index (χ1n) is 12.2. The summed E-state index contributed by atoms with van der Waals surface area (Å²) in [6.45, 7) is 3.41. The van der Waals surface area contributed by atoms with Gasteiger partial charge in [-0.25, -0.2) is 4.98 Å². The molecule has 9 nitrogen and oxygen atoms in total. The van der Waals surface area contributed by atoms with E-state index in [1.165, 1.54) is 6.92 Å². The van der Waals surface area contributed by atoms with Crippen LogP contribution in [0.1, 0.15) is 30.1 Å². The first-order chi connectivity index (χ1) is 17.9. The number of phenols is 1. The van der Waals surface area contributed by atoms with Crippen molar-refractivity contribution in [3.05, 3.63) is 66.4 Å². The minimum Gasteiger partial charge on any atom is -0.507 e. The lowest BCUT2D eigenvalue weighted by Gasteiger charge is -2.33. The molecule has 5 rings (SSSR count). The summed E-state index contributed by atoms with van der Waals surface area (Å²) in [7, 11) is 6.11. The van der Waals surface area contributed by atoms with E-state index in [0.29, 0.717) is 59.1 Å². The Balaban J connectivity index is 1.30. The minimum atomic E-state index is -0.151. The Morgan fingerprint density at radius 2 is 1.95 bits per heavy atom. The molecule has 4 aromatic rings. The van der Waals surface area contributed by atoms with Crippen LogP contribution in [0, 0.1) is 5.92 Å². The lowest BCUT2D eigenvalue weighted by molar-refractivity contribution is -0.114. The topological polar surface area (TPSA) is 112 Å². The Labute approximate surface area is 215 Å². The molecule has 1 atom stereocenters. The molecule has 0 saturated carbocycles. The molecule has 3 N–H and O–H groups in total. The SMILES string of the molecule is [B]c1cnn2c(NCC3CCCN(C(=O)c4ccc(NC(C)=O)cc4)C3)cc(-c3ccccc3O)nc12. The number of phenolic OH excluding ortho intramolecular Hbond substituents is 1. The normalized spacial score (nSPS) is 15.5. The van der Waals surface area contributed by atoms with Crippen LogP contribution in [-0.2, 0) is 4.79 Å². The molecule has 2 amide bonds. The number of likely N-dealkylation sites (tertiary alicyclic amines) is 1. The number of nitrogens with zero attached hydrogens (tertiary/aromatic N) is 4. The van der Waals surface area contributed by atoms with Crippen molar-refractivity contribution in [2.45, 2.75) is 19.8 Å². The number of aromatic hydroxyl groups is 1. The highest BCUT2D eigenvalue weighted by molar-refractivity contribution is 6.36. The molecular formula is C27H27BN6O3. The Hall–Kier alpha value is -4.34. The van der Waals surface area contributed by atoms with Gasteiger partial charge in [0.2, 0.25) is 5.91 Å². The number of carbonyl (C=O) groups excluding carboxylic acids is 2. The van der Waals surface area contributed by atoms with Gasteiger partial charge in [-0.3, -0.25) is 9.59 Å². The quantitative estimate of drug-likeness (QED) is 0.356. The van der Waals surface area contributed by atoms with Crippen LogP contribution < -0.4 is 16.1 Å². The van der Waals surface area contributed by atoms with Gasteiger partial charge in [0, 0.05) is 55.6 Å². The van der Waals surface area contributed by atoms with E-state index in [1.807, 2.05) is 17.0 Å². The van der Waals surface area contributed by atoms with E-state index in [1.54, 1.807) is 53.2 Å². The van der Waals surface area contributed by atoms with Crippen molar-refractivity contribution in [3.63, 3.8) is 0 Å². The Bertz CT molecular complexity index is 1450. The number of carbonyl (C=O) groups is 2. The van der Waals surface area contributed by atoms with E-state index < -0.39 is 0 Å². The largest absolute Gasteiger partial charge is 0.507 e. The van der Waals surface area contributed by atoms with Gasteiger partial charge < -0.3 is 20.6 Å². The number of amides is 2. The Morgan fingerprint density at radius 1 is 1.16 bits per heavy atom. The molecule has 1 aliphatic rings. The smallest absolute Gasteiger partial charge is 0.253 e. The molecule has 3 heterocycles. The van der Waals surface area contributed by atoms with Crippen molar-refractivity contribution >= 4 is 42.3 Å². The summed E-state index contributed by atoms with van der Waals surface area (Å²) < 4.78 is 1.65. The number of para-hydroxylation sites is 1. The fraction of sp³-hybridized carbons (Fsp3) is 0.259. The lowest BCUT2D eigenvalue weighted by atomic mass is 9.97. The van der Waals surface area contributed by atoms with Crippen molar-refractivity contribution in [3.8, 4) is 17.0 Å². The number of aromatic nitrogens is 3. The number of piperidine rings is 1. The first kappa shape index (κ1) is 24.4. The fourth-order valence-electron chi connectivity index (χ4n) is 4.68. The molecule has 2 radical (unpaired) electrons. The Kier molecular flexibility index (Phi) is 6.81. The van der Waals surface area contributed by atoms with Crippen molar-refractivity contribution in [1.82, 2.24) is 19.5 Å². The molecule has 1 fully saturated rings. The zero-order valence-corrected chi connectivity index (χ0v) is 20.5. The summed E-state index contributed by atoms with van der Waals surface area (Å²) in [5.41, 5.74) is 3.40. The third-order valence-corrected chi connectivity index (χ3v) is 6.51. The maximum atomic E-state index is 13.1. The number of fused-ring (bicyclic) bond motifs is 1. The number of anilines is 2. The molecule has 1 saturated heterocycles.